The highest BCUT2D eigenvalue weighted by molar-refractivity contribution is 9.10. The number of ether oxygens (including phenoxy) is 1. The van der Waals surface area contributed by atoms with E-state index >= 15 is 0 Å². The van der Waals surface area contributed by atoms with Crippen molar-refractivity contribution in [2.45, 2.75) is 59.0 Å². The number of benzene rings is 2. The summed E-state index contributed by atoms with van der Waals surface area (Å²) in [5.74, 6) is 1.56. The molecule has 0 aliphatic carbocycles. The minimum Gasteiger partial charge on any atom is -0.496 e. The Balaban J connectivity index is 1.57. The number of rotatable bonds is 7. The molecular formula is C26H35BrN2O2. The molecule has 0 aromatic heterocycles. The predicted molar refractivity (Wildman–Crippen MR) is 131 cm³/mol. The lowest BCUT2D eigenvalue weighted by Crippen LogP contribution is -2.41. The van der Waals surface area contributed by atoms with E-state index in [2.05, 4.69) is 90.2 Å². The van der Waals surface area contributed by atoms with Gasteiger partial charge in [-0.25, -0.2) is 0 Å². The lowest BCUT2D eigenvalue weighted by atomic mass is 9.92. The SMILES string of the molecule is COc1cc(C)c([C@H](C)NC(=O)C2CCN(Cc3ccc(Br)cc3)CC2)cc1C(C)C. The molecule has 2 aromatic rings. The number of methoxy groups -OCH3 is 1. The van der Waals surface area contributed by atoms with Crippen molar-refractivity contribution in [2.24, 2.45) is 5.92 Å². The summed E-state index contributed by atoms with van der Waals surface area (Å²) < 4.78 is 6.67. The molecule has 1 N–H and O–H groups in total. The third kappa shape index (κ3) is 6.11. The maximum absolute atomic E-state index is 13.0. The lowest BCUT2D eigenvalue weighted by molar-refractivity contribution is -0.127. The first-order chi connectivity index (χ1) is 14.8. The molecule has 0 radical (unpaired) electrons. The fourth-order valence-electron chi connectivity index (χ4n) is 4.42. The third-order valence-electron chi connectivity index (χ3n) is 6.34. The van der Waals surface area contributed by atoms with Gasteiger partial charge in [0.05, 0.1) is 13.2 Å². The molecule has 31 heavy (non-hydrogen) atoms. The second kappa shape index (κ2) is 10.6. The fraction of sp³-hybridized carbons (Fsp3) is 0.500. The van der Waals surface area contributed by atoms with Crippen molar-refractivity contribution in [1.29, 1.82) is 0 Å². The van der Waals surface area contributed by atoms with Crippen molar-refractivity contribution >= 4 is 21.8 Å². The molecule has 5 heteroatoms. The van der Waals surface area contributed by atoms with E-state index in [0.29, 0.717) is 5.92 Å². The Labute approximate surface area is 195 Å². The van der Waals surface area contributed by atoms with Crippen LogP contribution < -0.4 is 10.1 Å². The van der Waals surface area contributed by atoms with E-state index in [1.807, 2.05) is 0 Å². The van der Waals surface area contributed by atoms with Gasteiger partial charge in [-0.1, -0.05) is 41.9 Å². The van der Waals surface area contributed by atoms with Gasteiger partial charge in [-0.15, -0.1) is 0 Å². The Kier molecular flexibility index (Phi) is 8.17. The van der Waals surface area contributed by atoms with E-state index in [1.165, 1.54) is 16.7 Å². The number of hydrogen-bond acceptors (Lipinski definition) is 3. The van der Waals surface area contributed by atoms with E-state index in [1.54, 1.807) is 7.11 Å². The molecule has 3 rings (SSSR count). The molecule has 1 aliphatic heterocycles. The Bertz CT molecular complexity index is 887. The zero-order valence-corrected chi connectivity index (χ0v) is 21.0. The van der Waals surface area contributed by atoms with Crippen molar-refractivity contribution in [3.05, 3.63) is 63.1 Å². The van der Waals surface area contributed by atoms with Gasteiger partial charge in [-0.2, -0.15) is 0 Å². The van der Waals surface area contributed by atoms with Gasteiger partial charge in [-0.05, 0) is 92.2 Å². The molecule has 168 valence electrons. The van der Waals surface area contributed by atoms with Crippen molar-refractivity contribution < 1.29 is 9.53 Å². The molecule has 1 fully saturated rings. The van der Waals surface area contributed by atoms with Crippen LogP contribution >= 0.6 is 15.9 Å². The molecular weight excluding hydrogens is 452 g/mol. The molecule has 1 amide bonds. The second-order valence-electron chi connectivity index (χ2n) is 9.01. The van der Waals surface area contributed by atoms with Crippen LogP contribution in [-0.2, 0) is 11.3 Å². The minimum atomic E-state index is -0.0169. The summed E-state index contributed by atoms with van der Waals surface area (Å²) in [6.45, 7) is 11.4. The van der Waals surface area contributed by atoms with E-state index < -0.39 is 0 Å². The van der Waals surface area contributed by atoms with Gasteiger partial charge in [-0.3, -0.25) is 9.69 Å². The predicted octanol–water partition coefficient (Wildman–Crippen LogP) is 5.98. The van der Waals surface area contributed by atoms with Gasteiger partial charge >= 0.3 is 0 Å². The summed E-state index contributed by atoms with van der Waals surface area (Å²) in [6.07, 6.45) is 1.82. The second-order valence-corrected chi connectivity index (χ2v) is 9.93. The van der Waals surface area contributed by atoms with Crippen LogP contribution in [0.25, 0.3) is 0 Å². The number of aryl methyl sites for hydroxylation is 1. The van der Waals surface area contributed by atoms with Crippen LogP contribution in [0.2, 0.25) is 0 Å². The summed E-state index contributed by atoms with van der Waals surface area (Å²) in [5, 5.41) is 3.28. The average molecular weight is 487 g/mol. The Morgan fingerprint density at radius 2 is 1.77 bits per heavy atom. The number of amides is 1. The monoisotopic (exact) mass is 486 g/mol. The van der Waals surface area contributed by atoms with Crippen molar-refractivity contribution in [1.82, 2.24) is 10.2 Å². The van der Waals surface area contributed by atoms with Crippen molar-refractivity contribution in [2.75, 3.05) is 20.2 Å². The molecule has 1 saturated heterocycles. The van der Waals surface area contributed by atoms with Crippen molar-refractivity contribution in [3.63, 3.8) is 0 Å². The summed E-state index contributed by atoms with van der Waals surface area (Å²) in [5.41, 5.74) is 4.82. The molecule has 2 aromatic carbocycles. The quantitative estimate of drug-likeness (QED) is 0.523. The number of likely N-dealkylation sites (tertiary alicyclic amines) is 1. The number of carbonyl (C=O) groups excluding carboxylic acids is 1. The van der Waals surface area contributed by atoms with Crippen molar-refractivity contribution in [3.8, 4) is 5.75 Å². The van der Waals surface area contributed by atoms with Gasteiger partial charge < -0.3 is 10.1 Å². The van der Waals surface area contributed by atoms with Crippen LogP contribution in [0.3, 0.4) is 0 Å². The summed E-state index contributed by atoms with van der Waals surface area (Å²) in [4.78, 5) is 15.4. The van der Waals surface area contributed by atoms with Gasteiger partial charge in [0, 0.05) is 16.9 Å². The first kappa shape index (κ1) is 23.8. The van der Waals surface area contributed by atoms with Gasteiger partial charge in [0.25, 0.3) is 0 Å². The number of nitrogens with zero attached hydrogens (tertiary/aromatic N) is 1. The highest BCUT2D eigenvalue weighted by Gasteiger charge is 2.26. The van der Waals surface area contributed by atoms with Gasteiger partial charge in [0.2, 0.25) is 5.91 Å². The molecule has 0 saturated carbocycles. The number of carbonyl (C=O) groups is 1. The summed E-state index contributed by atoms with van der Waals surface area (Å²) >= 11 is 3.49. The zero-order valence-electron chi connectivity index (χ0n) is 19.4. The molecule has 0 spiro atoms. The van der Waals surface area contributed by atoms with E-state index in [-0.39, 0.29) is 17.9 Å². The molecule has 0 bridgehead atoms. The Morgan fingerprint density at radius 1 is 1.13 bits per heavy atom. The maximum atomic E-state index is 13.0. The fourth-order valence-corrected chi connectivity index (χ4v) is 4.68. The largest absolute Gasteiger partial charge is 0.496 e. The van der Waals surface area contributed by atoms with E-state index in [4.69, 9.17) is 4.74 Å². The average Bonchev–Trinajstić information content (AvgIpc) is 2.75. The molecule has 1 aliphatic rings. The number of hydrogen-bond donors (Lipinski definition) is 1. The van der Waals surface area contributed by atoms with E-state index in [0.717, 1.165) is 48.3 Å². The van der Waals surface area contributed by atoms with Crippen LogP contribution in [0.4, 0.5) is 0 Å². The normalized spacial score (nSPS) is 16.4. The van der Waals surface area contributed by atoms with Crippen LogP contribution in [-0.4, -0.2) is 31.0 Å². The smallest absolute Gasteiger partial charge is 0.223 e. The third-order valence-corrected chi connectivity index (χ3v) is 6.87. The molecule has 1 atom stereocenters. The lowest BCUT2D eigenvalue weighted by Gasteiger charge is -2.32. The first-order valence-electron chi connectivity index (χ1n) is 11.2. The van der Waals surface area contributed by atoms with Gasteiger partial charge in [0.1, 0.15) is 5.75 Å². The number of piperidine rings is 1. The van der Waals surface area contributed by atoms with Crippen LogP contribution in [0.15, 0.2) is 40.9 Å². The number of halogens is 1. The highest BCUT2D eigenvalue weighted by atomic mass is 79.9. The first-order valence-corrected chi connectivity index (χ1v) is 12.0. The van der Waals surface area contributed by atoms with E-state index in [9.17, 15) is 4.79 Å². The van der Waals surface area contributed by atoms with Crippen LogP contribution in [0.5, 0.6) is 5.75 Å². The van der Waals surface area contributed by atoms with Crippen LogP contribution in [0, 0.1) is 12.8 Å². The number of nitrogens with one attached hydrogen (secondary N) is 1. The Hall–Kier alpha value is -1.85. The zero-order chi connectivity index (χ0) is 22.5. The molecule has 4 nitrogen and oxygen atoms in total. The summed E-state index contributed by atoms with van der Waals surface area (Å²) in [7, 11) is 1.72. The molecule has 0 unspecified atom stereocenters. The standard InChI is InChI=1S/C26H35BrN2O2/c1-17(2)23-15-24(18(3)14-25(23)31-5)19(4)28-26(30)21-10-12-29(13-11-21)16-20-6-8-22(27)9-7-20/h6-9,14-15,17,19,21H,10-13,16H2,1-5H3,(H,28,30)/t19-/m0/s1. The van der Waals surface area contributed by atoms with Crippen LogP contribution in [0.1, 0.15) is 67.8 Å². The highest BCUT2D eigenvalue weighted by Crippen LogP contribution is 2.32. The minimum absolute atomic E-state index is 0.0169. The Morgan fingerprint density at radius 3 is 2.35 bits per heavy atom. The summed E-state index contributed by atoms with van der Waals surface area (Å²) in [6, 6.07) is 12.8. The topological polar surface area (TPSA) is 41.6 Å². The molecule has 1 heterocycles. The maximum Gasteiger partial charge on any atom is 0.223 e. The van der Waals surface area contributed by atoms with Gasteiger partial charge in [0.15, 0.2) is 0 Å².